The third kappa shape index (κ3) is 3.35. The number of aryl methyl sites for hydroxylation is 1. The number of amides is 2. The van der Waals surface area contributed by atoms with Crippen molar-refractivity contribution < 1.29 is 18.7 Å². The number of likely N-dealkylation sites (tertiary alicyclic amines) is 1. The molecule has 0 aliphatic carbocycles. The zero-order chi connectivity index (χ0) is 18.9. The average Bonchev–Trinajstić information content (AvgIpc) is 3.27. The normalized spacial score (nSPS) is 21.4. The first kappa shape index (κ1) is 17.7. The van der Waals surface area contributed by atoms with Crippen LogP contribution in [-0.2, 0) is 9.53 Å². The molecule has 1 spiro atoms. The van der Waals surface area contributed by atoms with Crippen molar-refractivity contribution in [1.29, 1.82) is 0 Å². The Kier molecular flexibility index (Phi) is 4.70. The van der Waals surface area contributed by atoms with Gasteiger partial charge in [0, 0.05) is 43.5 Å². The lowest BCUT2D eigenvalue weighted by Crippen LogP contribution is -2.42. The molecule has 7 nitrogen and oxygen atoms in total. The predicted molar refractivity (Wildman–Crippen MR) is 98.2 cm³/mol. The first-order valence-electron chi connectivity index (χ1n) is 9.21. The minimum Gasteiger partial charge on any atom is -0.459 e. The van der Waals surface area contributed by atoms with Crippen LogP contribution in [0.5, 0.6) is 0 Å². The van der Waals surface area contributed by atoms with Crippen molar-refractivity contribution in [1.82, 2.24) is 9.88 Å². The lowest BCUT2D eigenvalue weighted by Gasteiger charge is -2.37. The maximum atomic E-state index is 13.1. The highest BCUT2D eigenvalue weighted by Crippen LogP contribution is 2.45. The number of carbonyl (C=O) groups is 2. The third-order valence-electron chi connectivity index (χ3n) is 5.73. The van der Waals surface area contributed by atoms with E-state index >= 15 is 0 Å². The number of nitrogens with zero attached hydrogens (tertiary/aromatic N) is 2. The average molecular weight is 369 g/mol. The fraction of sp³-hybridized carbons (Fsp3) is 0.450. The topological polar surface area (TPSA) is 84.7 Å². The quantitative estimate of drug-likeness (QED) is 0.899. The molecule has 0 saturated carbocycles. The molecular formula is C20H23N3O4. The van der Waals surface area contributed by atoms with Gasteiger partial charge in [0.05, 0.1) is 24.1 Å². The molecule has 2 fully saturated rings. The number of hydrogen-bond acceptors (Lipinski definition) is 5. The molecule has 27 heavy (non-hydrogen) atoms. The number of rotatable bonds is 3. The number of nitrogens with one attached hydrogen (secondary N) is 1. The van der Waals surface area contributed by atoms with E-state index in [9.17, 15) is 9.59 Å². The van der Waals surface area contributed by atoms with Crippen molar-refractivity contribution in [2.75, 3.05) is 31.6 Å². The Morgan fingerprint density at radius 2 is 2.11 bits per heavy atom. The highest BCUT2D eigenvalue weighted by molar-refractivity contribution is 5.96. The van der Waals surface area contributed by atoms with Crippen LogP contribution in [-0.4, -0.2) is 48.0 Å². The van der Waals surface area contributed by atoms with E-state index in [1.54, 1.807) is 29.4 Å². The number of hydrogen-bond donors (Lipinski definition) is 1. The Morgan fingerprint density at radius 3 is 2.78 bits per heavy atom. The minimum atomic E-state index is -0.291. The zero-order valence-corrected chi connectivity index (χ0v) is 15.3. The van der Waals surface area contributed by atoms with Gasteiger partial charge in [0.1, 0.15) is 0 Å². The van der Waals surface area contributed by atoms with Crippen LogP contribution >= 0.6 is 0 Å². The van der Waals surface area contributed by atoms with Crippen molar-refractivity contribution in [3.63, 3.8) is 0 Å². The molecule has 2 aliphatic rings. The molecule has 2 saturated heterocycles. The maximum Gasteiger partial charge on any atom is 0.289 e. The summed E-state index contributed by atoms with van der Waals surface area (Å²) in [6.07, 6.45) is 6.34. The van der Waals surface area contributed by atoms with Crippen molar-refractivity contribution in [2.45, 2.75) is 19.8 Å². The molecule has 7 heteroatoms. The van der Waals surface area contributed by atoms with Gasteiger partial charge in [-0.3, -0.25) is 14.6 Å². The molecule has 0 aromatic carbocycles. The molecule has 0 radical (unpaired) electrons. The summed E-state index contributed by atoms with van der Waals surface area (Å²) in [4.78, 5) is 31.8. The van der Waals surface area contributed by atoms with Crippen molar-refractivity contribution in [3.8, 4) is 0 Å². The second kappa shape index (κ2) is 7.15. The van der Waals surface area contributed by atoms with Crippen molar-refractivity contribution in [3.05, 3.63) is 48.2 Å². The van der Waals surface area contributed by atoms with Crippen LogP contribution in [0.4, 0.5) is 5.69 Å². The first-order valence-corrected chi connectivity index (χ1v) is 9.21. The lowest BCUT2D eigenvalue weighted by molar-refractivity contribution is -0.124. The van der Waals surface area contributed by atoms with Gasteiger partial charge in [-0.05, 0) is 38.0 Å². The standard InChI is InChI=1S/C20H23N3O4/c1-14-4-8-27-17(14)19(25)23-12-16(20(13-23)5-9-26-10-6-20)18(24)22-15-3-2-7-21-11-15/h2-4,7-8,11,16H,5-6,9-10,12-13H2,1H3,(H,22,24)/t16-/m0/s1. The van der Waals surface area contributed by atoms with Gasteiger partial charge >= 0.3 is 0 Å². The van der Waals surface area contributed by atoms with Crippen LogP contribution in [0, 0.1) is 18.3 Å². The van der Waals surface area contributed by atoms with E-state index < -0.39 is 0 Å². The summed E-state index contributed by atoms with van der Waals surface area (Å²) in [6.45, 7) is 3.99. The Balaban J connectivity index is 1.57. The van der Waals surface area contributed by atoms with E-state index in [-0.39, 0.29) is 23.1 Å². The van der Waals surface area contributed by atoms with Crippen LogP contribution in [0.25, 0.3) is 0 Å². The van der Waals surface area contributed by atoms with Gasteiger partial charge in [-0.15, -0.1) is 0 Å². The molecule has 1 N–H and O–H groups in total. The second-order valence-corrected chi connectivity index (χ2v) is 7.38. The summed E-state index contributed by atoms with van der Waals surface area (Å²) in [5.41, 5.74) is 1.21. The van der Waals surface area contributed by atoms with Gasteiger partial charge in [-0.1, -0.05) is 0 Å². The molecule has 2 aliphatic heterocycles. The molecule has 2 aromatic rings. The third-order valence-corrected chi connectivity index (χ3v) is 5.73. The number of pyridine rings is 1. The number of carbonyl (C=O) groups excluding carboxylic acids is 2. The highest BCUT2D eigenvalue weighted by Gasteiger charge is 2.52. The summed E-state index contributed by atoms with van der Waals surface area (Å²) < 4.78 is 10.9. The number of aromatic nitrogens is 1. The van der Waals surface area contributed by atoms with Gasteiger partial charge < -0.3 is 19.4 Å². The lowest BCUT2D eigenvalue weighted by atomic mass is 9.71. The van der Waals surface area contributed by atoms with Crippen molar-refractivity contribution >= 4 is 17.5 Å². The van der Waals surface area contributed by atoms with E-state index in [0.717, 1.165) is 18.4 Å². The Labute approximate surface area is 157 Å². The van der Waals surface area contributed by atoms with Crippen molar-refractivity contribution in [2.24, 2.45) is 11.3 Å². The van der Waals surface area contributed by atoms with Gasteiger partial charge in [0.15, 0.2) is 5.76 Å². The number of furan rings is 1. The first-order chi connectivity index (χ1) is 13.1. The monoisotopic (exact) mass is 369 g/mol. The molecule has 0 unspecified atom stereocenters. The predicted octanol–water partition coefficient (Wildman–Crippen LogP) is 2.49. The summed E-state index contributed by atoms with van der Waals surface area (Å²) in [7, 11) is 0. The fourth-order valence-electron chi connectivity index (χ4n) is 4.17. The zero-order valence-electron chi connectivity index (χ0n) is 15.3. The van der Waals surface area contributed by atoms with E-state index in [1.807, 2.05) is 13.0 Å². The highest BCUT2D eigenvalue weighted by atomic mass is 16.5. The number of ether oxygens (including phenoxy) is 1. The smallest absolute Gasteiger partial charge is 0.289 e. The van der Waals surface area contributed by atoms with E-state index in [2.05, 4.69) is 10.3 Å². The molecule has 142 valence electrons. The molecule has 2 amide bonds. The van der Waals surface area contributed by atoms with Gasteiger partial charge in [-0.25, -0.2) is 0 Å². The summed E-state index contributed by atoms with van der Waals surface area (Å²) in [6, 6.07) is 5.37. The summed E-state index contributed by atoms with van der Waals surface area (Å²) in [5.74, 6) is -0.164. The molecule has 0 bridgehead atoms. The van der Waals surface area contributed by atoms with Crippen LogP contribution in [0.3, 0.4) is 0 Å². The summed E-state index contributed by atoms with van der Waals surface area (Å²) >= 11 is 0. The molecule has 2 aromatic heterocycles. The van der Waals surface area contributed by atoms with Crippen LogP contribution in [0.2, 0.25) is 0 Å². The van der Waals surface area contributed by atoms with Crippen LogP contribution < -0.4 is 5.32 Å². The van der Waals surface area contributed by atoms with E-state index in [0.29, 0.717) is 37.8 Å². The molecule has 4 rings (SSSR count). The van der Waals surface area contributed by atoms with Crippen LogP contribution in [0.1, 0.15) is 29.0 Å². The Bertz CT molecular complexity index is 827. The summed E-state index contributed by atoms with van der Waals surface area (Å²) in [5, 5.41) is 2.96. The molecule has 1 atom stereocenters. The van der Waals surface area contributed by atoms with Gasteiger partial charge in [-0.2, -0.15) is 0 Å². The van der Waals surface area contributed by atoms with Gasteiger partial charge in [0.2, 0.25) is 5.91 Å². The Morgan fingerprint density at radius 1 is 1.30 bits per heavy atom. The molecule has 4 heterocycles. The van der Waals surface area contributed by atoms with E-state index in [4.69, 9.17) is 9.15 Å². The largest absolute Gasteiger partial charge is 0.459 e. The Hall–Kier alpha value is -2.67. The number of anilines is 1. The molecular weight excluding hydrogens is 346 g/mol. The van der Waals surface area contributed by atoms with Crippen LogP contribution in [0.15, 0.2) is 41.3 Å². The second-order valence-electron chi connectivity index (χ2n) is 7.38. The van der Waals surface area contributed by atoms with Gasteiger partial charge in [0.25, 0.3) is 5.91 Å². The maximum absolute atomic E-state index is 13.1. The SMILES string of the molecule is Cc1ccoc1C(=O)N1C[C@@H](C(=O)Nc2cccnc2)C2(CCOCC2)C1. The van der Waals surface area contributed by atoms with E-state index in [1.165, 1.54) is 6.26 Å². The fourth-order valence-corrected chi connectivity index (χ4v) is 4.17. The minimum absolute atomic E-state index is 0.0728.